The molecular formula is C36H51N3O7. The lowest BCUT2D eigenvalue weighted by molar-refractivity contribution is -0.162. The van der Waals surface area contributed by atoms with Crippen LogP contribution in [-0.2, 0) is 28.7 Å². The number of likely N-dealkylation sites (tertiary alicyclic amines) is 1. The Hall–Kier alpha value is -3.50. The molecule has 0 saturated carbocycles. The Morgan fingerprint density at radius 2 is 1.93 bits per heavy atom. The first-order valence-corrected chi connectivity index (χ1v) is 16.8. The molecule has 3 aliphatic heterocycles. The van der Waals surface area contributed by atoms with Crippen molar-refractivity contribution < 1.29 is 33.8 Å². The summed E-state index contributed by atoms with van der Waals surface area (Å²) in [5.41, 5.74) is -0.501. The number of unbranched alkanes of at least 4 members (excludes halogenated alkanes) is 2. The van der Waals surface area contributed by atoms with Gasteiger partial charge < -0.3 is 29.7 Å². The van der Waals surface area contributed by atoms with Crippen molar-refractivity contribution in [1.29, 1.82) is 0 Å². The van der Waals surface area contributed by atoms with E-state index in [0.717, 1.165) is 19.3 Å². The third kappa shape index (κ3) is 6.93. The maximum absolute atomic E-state index is 14.4. The zero-order valence-corrected chi connectivity index (χ0v) is 27.6. The summed E-state index contributed by atoms with van der Waals surface area (Å²) in [7, 11) is 0. The Morgan fingerprint density at radius 1 is 1.20 bits per heavy atom. The topological polar surface area (TPSA) is 125 Å². The van der Waals surface area contributed by atoms with Crippen LogP contribution in [-0.4, -0.2) is 88.1 Å². The van der Waals surface area contributed by atoms with E-state index in [1.165, 1.54) is 4.90 Å². The number of rotatable bonds is 18. The highest BCUT2D eigenvalue weighted by Gasteiger charge is 2.75. The maximum Gasteiger partial charge on any atom is 0.313 e. The van der Waals surface area contributed by atoms with Gasteiger partial charge in [0.25, 0.3) is 0 Å². The molecule has 0 unspecified atom stereocenters. The number of nitrogens with zero attached hydrogens (tertiary/aromatic N) is 2. The van der Waals surface area contributed by atoms with Crippen LogP contribution in [0.4, 0.5) is 0 Å². The first kappa shape index (κ1) is 35.4. The number of carbonyl (C=O) groups is 4. The summed E-state index contributed by atoms with van der Waals surface area (Å²) < 4.78 is 12.8. The van der Waals surface area contributed by atoms with Crippen LogP contribution in [0.5, 0.6) is 0 Å². The fourth-order valence-corrected chi connectivity index (χ4v) is 7.56. The van der Waals surface area contributed by atoms with E-state index in [1.54, 1.807) is 24.0 Å². The number of aliphatic hydroxyl groups excluding tert-OH is 1. The van der Waals surface area contributed by atoms with Gasteiger partial charge in [-0.05, 0) is 44.6 Å². The lowest BCUT2D eigenvalue weighted by Gasteiger charge is -2.39. The van der Waals surface area contributed by atoms with E-state index in [9.17, 15) is 24.3 Å². The van der Waals surface area contributed by atoms with E-state index >= 15 is 0 Å². The number of amides is 3. The van der Waals surface area contributed by atoms with Crippen molar-refractivity contribution in [2.45, 2.75) is 108 Å². The fraction of sp³-hybridized carbons (Fsp3) is 0.611. The predicted octanol–water partition coefficient (Wildman–Crippen LogP) is 4.09. The highest BCUT2D eigenvalue weighted by atomic mass is 16.6. The molecule has 0 aliphatic carbocycles. The Balaban J connectivity index is 1.67. The van der Waals surface area contributed by atoms with E-state index in [1.807, 2.05) is 37.3 Å². The molecule has 252 valence electrons. The van der Waals surface area contributed by atoms with Crippen LogP contribution in [0.25, 0.3) is 0 Å². The van der Waals surface area contributed by atoms with Gasteiger partial charge in [0.1, 0.15) is 17.7 Å². The molecule has 3 heterocycles. The van der Waals surface area contributed by atoms with Crippen LogP contribution in [0.2, 0.25) is 0 Å². The molecule has 0 aromatic heterocycles. The second-order valence-electron chi connectivity index (χ2n) is 12.8. The third-order valence-electron chi connectivity index (χ3n) is 9.80. The number of fused-ring (bicyclic) bond motifs is 1. The summed E-state index contributed by atoms with van der Waals surface area (Å²) in [6.45, 7) is 13.8. The van der Waals surface area contributed by atoms with Crippen molar-refractivity contribution in [3.8, 4) is 0 Å². The predicted molar refractivity (Wildman–Crippen MR) is 174 cm³/mol. The highest BCUT2D eigenvalue weighted by molar-refractivity contribution is 5.98. The summed E-state index contributed by atoms with van der Waals surface area (Å²) in [5.74, 6) is -3.25. The Morgan fingerprint density at radius 3 is 2.57 bits per heavy atom. The number of nitrogens with one attached hydrogen (secondary N) is 1. The molecule has 3 amide bonds. The van der Waals surface area contributed by atoms with Gasteiger partial charge in [-0.2, -0.15) is 0 Å². The van der Waals surface area contributed by atoms with Crippen LogP contribution in [0, 0.1) is 11.8 Å². The van der Waals surface area contributed by atoms with Gasteiger partial charge in [0, 0.05) is 19.5 Å². The fourth-order valence-electron chi connectivity index (χ4n) is 7.56. The molecule has 10 nitrogen and oxygen atoms in total. The highest BCUT2D eigenvalue weighted by Crippen LogP contribution is 2.59. The summed E-state index contributed by atoms with van der Waals surface area (Å²) in [5, 5.41) is 13.3. The van der Waals surface area contributed by atoms with Gasteiger partial charge in [-0.25, -0.2) is 0 Å². The third-order valence-corrected chi connectivity index (χ3v) is 9.80. The van der Waals surface area contributed by atoms with Crippen molar-refractivity contribution >= 4 is 23.7 Å². The van der Waals surface area contributed by atoms with Crippen molar-refractivity contribution in [1.82, 2.24) is 15.1 Å². The molecule has 0 radical (unpaired) electrons. The van der Waals surface area contributed by atoms with Crippen molar-refractivity contribution in [3.63, 3.8) is 0 Å². The number of hydrogen-bond acceptors (Lipinski definition) is 7. The summed E-state index contributed by atoms with van der Waals surface area (Å²) in [4.78, 5) is 58.9. The minimum absolute atomic E-state index is 0.188. The molecule has 2 N–H and O–H groups in total. The van der Waals surface area contributed by atoms with Gasteiger partial charge in [0.2, 0.25) is 17.7 Å². The smallest absolute Gasteiger partial charge is 0.313 e. The van der Waals surface area contributed by atoms with Crippen LogP contribution < -0.4 is 5.32 Å². The van der Waals surface area contributed by atoms with E-state index in [2.05, 4.69) is 25.4 Å². The number of ether oxygens (including phenoxy) is 2. The second-order valence-corrected chi connectivity index (χ2v) is 12.8. The number of allylic oxidation sites excluding steroid dienone is 1. The van der Waals surface area contributed by atoms with E-state index in [4.69, 9.17) is 9.47 Å². The molecule has 10 heteroatoms. The normalized spacial score (nSPS) is 26.6. The minimum Gasteiger partial charge on any atom is -0.455 e. The Bertz CT molecular complexity index is 1250. The second kappa shape index (κ2) is 15.9. The number of aliphatic hydroxyl groups is 1. The molecule has 1 aromatic carbocycles. The molecule has 2 bridgehead atoms. The van der Waals surface area contributed by atoms with Gasteiger partial charge in [-0.1, -0.05) is 69.2 Å². The first-order chi connectivity index (χ1) is 22.2. The largest absolute Gasteiger partial charge is 0.455 e. The van der Waals surface area contributed by atoms with Crippen LogP contribution in [0.1, 0.15) is 83.8 Å². The zero-order valence-electron chi connectivity index (χ0n) is 27.6. The van der Waals surface area contributed by atoms with Crippen LogP contribution >= 0.6 is 0 Å². The van der Waals surface area contributed by atoms with Crippen LogP contribution in [0.15, 0.2) is 55.6 Å². The lowest BCUT2D eigenvalue weighted by atomic mass is 9.70. The van der Waals surface area contributed by atoms with Crippen molar-refractivity contribution in [2.75, 3.05) is 19.7 Å². The summed E-state index contributed by atoms with van der Waals surface area (Å²) in [6, 6.07) is 7.06. The van der Waals surface area contributed by atoms with Crippen molar-refractivity contribution in [2.24, 2.45) is 11.8 Å². The van der Waals surface area contributed by atoms with E-state index in [0.29, 0.717) is 44.3 Å². The maximum atomic E-state index is 14.4. The molecule has 3 saturated heterocycles. The molecule has 1 aromatic rings. The number of benzene rings is 1. The quantitative estimate of drug-likeness (QED) is 0.141. The van der Waals surface area contributed by atoms with E-state index in [-0.39, 0.29) is 30.7 Å². The molecule has 4 rings (SSSR count). The number of hydrogen-bond donors (Lipinski definition) is 2. The SMILES string of the molecule is C=CCCC(=O)N[C@@H](C)[C@H](OC(=O)[C@@H]1[C@@H]2CC[C@]3(O2)[C@H](C(=O)N(CC=C)CCCCC)N([C@@H](CC)CO)C(=O)[C@@H]13)c1ccccc1. The molecule has 1 spiro atoms. The van der Waals surface area contributed by atoms with Gasteiger partial charge in [-0.3, -0.25) is 19.2 Å². The van der Waals surface area contributed by atoms with E-state index < -0.39 is 53.7 Å². The van der Waals surface area contributed by atoms with Gasteiger partial charge in [0.15, 0.2) is 0 Å². The molecule has 8 atom stereocenters. The minimum atomic E-state index is -1.21. The average Bonchev–Trinajstić information content (AvgIpc) is 3.70. The average molecular weight is 638 g/mol. The Kier molecular flexibility index (Phi) is 12.2. The molecule has 3 aliphatic rings. The number of esters is 1. The zero-order chi connectivity index (χ0) is 33.4. The molecular weight excluding hydrogens is 586 g/mol. The van der Waals surface area contributed by atoms with Gasteiger partial charge in [-0.15, -0.1) is 13.2 Å². The van der Waals surface area contributed by atoms with Crippen molar-refractivity contribution in [3.05, 3.63) is 61.2 Å². The lowest BCUT2D eigenvalue weighted by Crippen LogP contribution is -2.58. The summed E-state index contributed by atoms with van der Waals surface area (Å²) in [6.07, 6.45) is 6.87. The first-order valence-electron chi connectivity index (χ1n) is 16.8. The molecule has 3 fully saturated rings. The van der Waals surface area contributed by atoms with Gasteiger partial charge in [0.05, 0.1) is 36.6 Å². The monoisotopic (exact) mass is 637 g/mol. The van der Waals surface area contributed by atoms with Gasteiger partial charge >= 0.3 is 5.97 Å². The summed E-state index contributed by atoms with van der Waals surface area (Å²) >= 11 is 0. The Labute approximate surface area is 273 Å². The van der Waals surface area contributed by atoms with Crippen LogP contribution in [0.3, 0.4) is 0 Å². The molecule has 46 heavy (non-hydrogen) atoms. The number of carbonyl (C=O) groups excluding carboxylic acids is 4. The standard InChI is InChI=1S/C36H51N3O7/c1-6-10-15-22-38(21-8-3)34(43)32-36-20-19-27(46-36)29(30(36)33(42)39(32)26(9-4)23-40)35(44)45-31(25-16-13-12-14-17-25)24(5)37-28(41)18-11-7-2/h7-8,12-14,16-17,24,26-27,29-32,40H,2-3,6,9-11,15,18-23H2,1,4-5H3,(H,37,41)/t24-,26-,27-,29+,30+,31-,32-,36+/m0/s1.